The van der Waals surface area contributed by atoms with Gasteiger partial charge in [0, 0.05) is 48.4 Å². The summed E-state index contributed by atoms with van der Waals surface area (Å²) in [5, 5.41) is 17.4. The lowest BCUT2D eigenvalue weighted by Gasteiger charge is -2.42. The molecule has 0 spiro atoms. The number of imidazole rings is 1. The number of rotatable bonds is 4. The van der Waals surface area contributed by atoms with Crippen molar-refractivity contribution in [1.29, 1.82) is 0 Å². The zero-order valence-electron chi connectivity index (χ0n) is 23.0. The SMILES string of the molecule is Cn1cncc1C(N=[N+]=[N-])C1=Cc2cccnc2C(O)(C2CCN(C(=O)OC(C)(C)C)CC2)c2ccc(Cl)cc21. The zero-order chi connectivity index (χ0) is 28.7. The molecule has 11 heteroatoms. The standard InChI is InChI=1S/C29H32ClN7O3/c1-28(2,3)40-27(38)37-12-9-19(10-13-37)29(39)23-8-7-20(30)15-21(23)22(14-18-6-5-11-33-26(18)29)25(34-35-31)24-16-32-17-36(24)4/h5-8,11,14-17,19,25,39H,9-10,12-13H2,1-4H3. The van der Waals surface area contributed by atoms with Gasteiger partial charge in [-0.15, -0.1) is 0 Å². The highest BCUT2D eigenvalue weighted by atomic mass is 35.5. The highest BCUT2D eigenvalue weighted by Gasteiger charge is 2.47. The number of nitrogens with zero attached hydrogens (tertiary/aromatic N) is 7. The third-order valence-corrected chi connectivity index (χ3v) is 7.78. The number of carbonyl (C=O) groups is 1. The van der Waals surface area contributed by atoms with Crippen LogP contribution in [0, 0.1) is 5.92 Å². The van der Waals surface area contributed by atoms with Gasteiger partial charge in [0.05, 0.1) is 17.7 Å². The number of hydrogen-bond acceptors (Lipinski definition) is 6. The zero-order valence-corrected chi connectivity index (χ0v) is 23.7. The normalized spacial score (nSPS) is 19.9. The molecule has 3 aromatic rings. The van der Waals surface area contributed by atoms with E-state index in [1.165, 1.54) is 0 Å². The Morgan fingerprint density at radius 3 is 2.70 bits per heavy atom. The molecular weight excluding hydrogens is 530 g/mol. The van der Waals surface area contributed by atoms with Crippen molar-refractivity contribution in [2.45, 2.75) is 50.9 Å². The molecule has 40 heavy (non-hydrogen) atoms. The fourth-order valence-corrected chi connectivity index (χ4v) is 5.89. The van der Waals surface area contributed by atoms with Crippen LogP contribution in [0.25, 0.3) is 22.1 Å². The van der Waals surface area contributed by atoms with Crippen molar-refractivity contribution in [1.82, 2.24) is 19.4 Å². The van der Waals surface area contributed by atoms with Gasteiger partial charge in [0.15, 0.2) is 0 Å². The predicted molar refractivity (Wildman–Crippen MR) is 152 cm³/mol. The van der Waals surface area contributed by atoms with E-state index in [0.717, 1.165) is 0 Å². The number of carbonyl (C=O) groups excluding carboxylic acids is 1. The van der Waals surface area contributed by atoms with Gasteiger partial charge >= 0.3 is 6.09 Å². The van der Waals surface area contributed by atoms with Crippen molar-refractivity contribution in [3.63, 3.8) is 0 Å². The Balaban J connectivity index is 1.63. The van der Waals surface area contributed by atoms with Crippen LogP contribution in [0.15, 0.2) is 54.2 Å². The van der Waals surface area contributed by atoms with Crippen LogP contribution >= 0.6 is 11.6 Å². The molecule has 3 heterocycles. The minimum atomic E-state index is -1.50. The van der Waals surface area contributed by atoms with Crippen LogP contribution in [0.4, 0.5) is 4.79 Å². The second kappa shape index (κ2) is 10.6. The molecule has 1 aromatic carbocycles. The predicted octanol–water partition coefficient (Wildman–Crippen LogP) is 6.26. The number of fused-ring (bicyclic) bond motifs is 2. The maximum absolute atomic E-state index is 12.8. The summed E-state index contributed by atoms with van der Waals surface area (Å²) in [5.41, 5.74) is 11.3. The molecule has 2 aliphatic rings. The second-order valence-electron chi connectivity index (χ2n) is 11.3. The molecule has 1 fully saturated rings. The average molecular weight is 562 g/mol. The van der Waals surface area contributed by atoms with Crippen LogP contribution in [0.2, 0.25) is 5.02 Å². The number of amides is 1. The Morgan fingerprint density at radius 1 is 1.30 bits per heavy atom. The Morgan fingerprint density at radius 2 is 2.05 bits per heavy atom. The molecule has 5 rings (SSSR count). The van der Waals surface area contributed by atoms with E-state index in [0.29, 0.717) is 64.6 Å². The van der Waals surface area contributed by atoms with Gasteiger partial charge in [0.25, 0.3) is 0 Å². The fraction of sp³-hybridized carbons (Fsp3) is 0.414. The lowest BCUT2D eigenvalue weighted by molar-refractivity contribution is -0.0262. The van der Waals surface area contributed by atoms with Crippen molar-refractivity contribution < 1.29 is 14.6 Å². The number of aryl methyl sites for hydroxylation is 1. The molecule has 0 bridgehead atoms. The molecule has 2 atom stereocenters. The van der Waals surface area contributed by atoms with Crippen LogP contribution in [0.3, 0.4) is 0 Å². The van der Waals surface area contributed by atoms with E-state index in [9.17, 15) is 15.4 Å². The molecule has 2 unspecified atom stereocenters. The van der Waals surface area contributed by atoms with E-state index in [2.05, 4.69) is 15.0 Å². The van der Waals surface area contributed by atoms with Gasteiger partial charge in [0.1, 0.15) is 17.2 Å². The van der Waals surface area contributed by atoms with Gasteiger partial charge in [0.2, 0.25) is 0 Å². The first kappa shape index (κ1) is 27.7. The number of ether oxygens (including phenoxy) is 1. The van der Waals surface area contributed by atoms with Crippen molar-refractivity contribution in [3.05, 3.63) is 92.6 Å². The summed E-state index contributed by atoms with van der Waals surface area (Å²) in [4.78, 5) is 26.5. The summed E-state index contributed by atoms with van der Waals surface area (Å²) in [6, 6.07) is 8.34. The molecule has 1 N–H and O–H groups in total. The van der Waals surface area contributed by atoms with Gasteiger partial charge in [-0.1, -0.05) is 28.8 Å². The summed E-state index contributed by atoms with van der Waals surface area (Å²) < 4.78 is 7.38. The van der Waals surface area contributed by atoms with Crippen molar-refractivity contribution >= 4 is 29.3 Å². The van der Waals surface area contributed by atoms with E-state index in [1.807, 2.05) is 52.1 Å². The number of benzene rings is 1. The lowest BCUT2D eigenvalue weighted by Crippen LogP contribution is -2.47. The van der Waals surface area contributed by atoms with Gasteiger partial charge in [-0.25, -0.2) is 9.78 Å². The Bertz CT molecular complexity index is 1510. The summed E-state index contributed by atoms with van der Waals surface area (Å²) in [7, 11) is 1.84. The van der Waals surface area contributed by atoms with Crippen molar-refractivity contribution in [2.24, 2.45) is 18.1 Å². The summed E-state index contributed by atoms with van der Waals surface area (Å²) in [6.45, 7) is 6.40. The third-order valence-electron chi connectivity index (χ3n) is 7.55. The molecule has 1 aliphatic heterocycles. The number of halogens is 1. The monoisotopic (exact) mass is 561 g/mol. The minimum absolute atomic E-state index is 0.262. The van der Waals surface area contributed by atoms with E-state index in [1.54, 1.807) is 40.3 Å². The minimum Gasteiger partial charge on any atom is -0.444 e. The molecule has 0 radical (unpaired) electrons. The smallest absolute Gasteiger partial charge is 0.410 e. The van der Waals surface area contributed by atoms with Crippen LogP contribution in [0.5, 0.6) is 0 Å². The maximum atomic E-state index is 12.8. The summed E-state index contributed by atoms with van der Waals surface area (Å²) in [6.07, 6.45) is 7.60. The van der Waals surface area contributed by atoms with Crippen LogP contribution in [-0.2, 0) is 17.4 Å². The van der Waals surface area contributed by atoms with Crippen LogP contribution in [-0.4, -0.2) is 49.3 Å². The molecular formula is C29H32ClN7O3. The average Bonchev–Trinajstić information content (AvgIpc) is 3.30. The highest BCUT2D eigenvalue weighted by Crippen LogP contribution is 2.50. The number of aromatic nitrogens is 3. The van der Waals surface area contributed by atoms with Crippen LogP contribution < -0.4 is 0 Å². The summed E-state index contributed by atoms with van der Waals surface area (Å²) >= 11 is 6.53. The largest absolute Gasteiger partial charge is 0.444 e. The van der Waals surface area contributed by atoms with Crippen molar-refractivity contribution in [2.75, 3.05) is 13.1 Å². The lowest BCUT2D eigenvalue weighted by atomic mass is 9.72. The van der Waals surface area contributed by atoms with Crippen molar-refractivity contribution in [3.8, 4) is 0 Å². The summed E-state index contributed by atoms with van der Waals surface area (Å²) in [5.74, 6) is -0.262. The number of aliphatic hydroxyl groups is 1. The van der Waals surface area contributed by atoms with Gasteiger partial charge in [-0.05, 0) is 85.7 Å². The van der Waals surface area contributed by atoms with Gasteiger partial charge in [-0.2, -0.15) is 0 Å². The molecule has 1 aliphatic carbocycles. The Kier molecular flexibility index (Phi) is 7.35. The molecule has 208 valence electrons. The number of azide groups is 1. The quantitative estimate of drug-likeness (QED) is 0.228. The van der Waals surface area contributed by atoms with E-state index >= 15 is 0 Å². The van der Waals surface area contributed by atoms with E-state index in [4.69, 9.17) is 21.3 Å². The first-order valence-electron chi connectivity index (χ1n) is 13.2. The first-order valence-corrected chi connectivity index (χ1v) is 13.6. The molecule has 0 saturated carbocycles. The Labute approximate surface area is 237 Å². The molecule has 1 amide bonds. The third kappa shape index (κ3) is 5.06. The Hall–Kier alpha value is -3.85. The van der Waals surface area contributed by atoms with Gasteiger partial charge in [-0.3, -0.25) is 4.98 Å². The molecule has 2 aromatic heterocycles. The fourth-order valence-electron chi connectivity index (χ4n) is 5.72. The number of pyridine rings is 1. The topological polar surface area (TPSA) is 129 Å². The molecule has 1 saturated heterocycles. The molecule has 10 nitrogen and oxygen atoms in total. The van der Waals surface area contributed by atoms with Gasteiger partial charge < -0.3 is 19.3 Å². The second-order valence-corrected chi connectivity index (χ2v) is 11.7. The van der Waals surface area contributed by atoms with E-state index < -0.39 is 17.2 Å². The maximum Gasteiger partial charge on any atom is 0.410 e. The first-order chi connectivity index (χ1) is 19.0. The van der Waals surface area contributed by atoms with E-state index in [-0.39, 0.29) is 12.0 Å². The van der Waals surface area contributed by atoms with Crippen LogP contribution in [0.1, 0.15) is 67.7 Å². The number of piperidine rings is 1. The number of hydrogen-bond donors (Lipinski definition) is 1. The highest BCUT2D eigenvalue weighted by molar-refractivity contribution is 6.30. The number of likely N-dealkylation sites (tertiary alicyclic amines) is 1.